The number of alkyl halides is 1. The lowest BCUT2D eigenvalue weighted by molar-refractivity contribution is -0.154. The van der Waals surface area contributed by atoms with Crippen molar-refractivity contribution in [2.45, 2.75) is 75.1 Å². The van der Waals surface area contributed by atoms with E-state index in [0.29, 0.717) is 102 Å². The maximum Gasteiger partial charge on any atom is 0.319 e. The number of ether oxygens (including phenoxy) is 1. The first-order valence-electron chi connectivity index (χ1n) is 17.2. The normalized spacial score (nSPS) is 29.4. The Hall–Kier alpha value is -3.94. The van der Waals surface area contributed by atoms with Crippen molar-refractivity contribution in [2.75, 3.05) is 37.7 Å². The highest BCUT2D eigenvalue weighted by molar-refractivity contribution is 6.33. The van der Waals surface area contributed by atoms with Gasteiger partial charge in [-0.2, -0.15) is 15.1 Å². The van der Waals surface area contributed by atoms with Crippen LogP contribution in [0.4, 0.5) is 14.6 Å². The highest BCUT2D eigenvalue weighted by Crippen LogP contribution is 2.58. The Morgan fingerprint density at radius 2 is 1.96 bits per heavy atom. The SMILES string of the molecule is OC12CC3(CCCN(C3)c3nc(OC[C@@]45CCCN4C[C@H](F)C5)nc4c(F)c(ncc34)-c3c(c(Cl)cc4[nH]ncc34)CCc3cnc1o3)C2. The first-order valence-corrected chi connectivity index (χ1v) is 17.5. The second-order valence-electron chi connectivity index (χ2n) is 15.0. The number of benzene rings is 1. The molecule has 6 aliphatic heterocycles. The number of rotatable bonds is 3. The van der Waals surface area contributed by atoms with E-state index in [2.05, 4.69) is 25.0 Å². The van der Waals surface area contributed by atoms with E-state index in [1.165, 1.54) is 0 Å². The Bertz CT molecular complexity index is 2150. The zero-order chi connectivity index (χ0) is 33.1. The molecule has 11 nitrogen and oxygen atoms in total. The van der Waals surface area contributed by atoms with Crippen LogP contribution in [0.3, 0.4) is 0 Å². The Morgan fingerprint density at radius 1 is 1.08 bits per heavy atom. The molecule has 4 fully saturated rings. The molecule has 10 heterocycles. The van der Waals surface area contributed by atoms with Crippen molar-refractivity contribution in [3.63, 3.8) is 0 Å². The number of anilines is 1. The topological polar surface area (TPSA) is 129 Å². The number of nitrogens with zero attached hydrogens (tertiary/aromatic N) is 7. The monoisotopic (exact) mass is 688 g/mol. The average Bonchev–Trinajstić information content (AvgIpc) is 3.86. The fraction of sp³-hybridized carbons (Fsp3) is 0.514. The number of pyridine rings is 1. The van der Waals surface area contributed by atoms with Crippen molar-refractivity contribution in [1.29, 1.82) is 0 Å². The number of aliphatic hydroxyl groups is 1. The smallest absolute Gasteiger partial charge is 0.319 e. The zero-order valence-corrected chi connectivity index (χ0v) is 27.6. The van der Waals surface area contributed by atoms with Crippen LogP contribution in [0, 0.1) is 11.2 Å². The molecule has 1 saturated carbocycles. The van der Waals surface area contributed by atoms with Crippen LogP contribution in [0.2, 0.25) is 5.02 Å². The lowest BCUT2D eigenvalue weighted by Gasteiger charge is -2.56. The van der Waals surface area contributed by atoms with Crippen LogP contribution in [0.5, 0.6) is 6.01 Å². The van der Waals surface area contributed by atoms with Gasteiger partial charge in [0.15, 0.2) is 5.82 Å². The number of fused-ring (bicyclic) bond motifs is 2. The van der Waals surface area contributed by atoms with Gasteiger partial charge < -0.3 is 19.2 Å². The summed E-state index contributed by atoms with van der Waals surface area (Å²) in [5.74, 6) is 0.857. The molecule has 1 spiro atoms. The first-order chi connectivity index (χ1) is 23.7. The van der Waals surface area contributed by atoms with E-state index in [4.69, 9.17) is 35.7 Å². The van der Waals surface area contributed by atoms with Gasteiger partial charge in [-0.1, -0.05) is 11.6 Å². The van der Waals surface area contributed by atoms with E-state index in [9.17, 15) is 9.50 Å². The second-order valence-corrected chi connectivity index (χ2v) is 15.4. The molecule has 49 heavy (non-hydrogen) atoms. The molecule has 7 aliphatic rings. The number of aryl methyl sites for hydroxylation is 1. The molecular weight excluding hydrogens is 654 g/mol. The maximum absolute atomic E-state index is 17.2. The van der Waals surface area contributed by atoms with E-state index in [1.807, 2.05) is 0 Å². The Morgan fingerprint density at radius 3 is 2.86 bits per heavy atom. The molecule has 0 unspecified atom stereocenters. The second kappa shape index (κ2) is 10.5. The van der Waals surface area contributed by atoms with Gasteiger partial charge in [-0.05, 0) is 68.5 Å². The van der Waals surface area contributed by atoms with Gasteiger partial charge >= 0.3 is 6.01 Å². The number of halogens is 3. The Balaban J connectivity index is 1.16. The summed E-state index contributed by atoms with van der Waals surface area (Å²) in [5, 5.41) is 20.4. The van der Waals surface area contributed by atoms with Crippen LogP contribution in [-0.4, -0.2) is 84.6 Å². The van der Waals surface area contributed by atoms with Crippen molar-refractivity contribution in [1.82, 2.24) is 35.0 Å². The van der Waals surface area contributed by atoms with Crippen LogP contribution in [0.1, 0.15) is 62.2 Å². The summed E-state index contributed by atoms with van der Waals surface area (Å²) < 4.78 is 44.3. The lowest BCUT2D eigenvalue weighted by atomic mass is 9.56. The number of hydrogen-bond donors (Lipinski definition) is 2. The van der Waals surface area contributed by atoms with E-state index < -0.39 is 23.1 Å². The third-order valence-electron chi connectivity index (χ3n) is 11.8. The molecule has 254 valence electrons. The predicted molar refractivity (Wildman–Crippen MR) is 177 cm³/mol. The van der Waals surface area contributed by atoms with Gasteiger partial charge in [-0.25, -0.2) is 13.8 Å². The van der Waals surface area contributed by atoms with Crippen molar-refractivity contribution in [3.05, 3.63) is 52.7 Å². The lowest BCUT2D eigenvalue weighted by Crippen LogP contribution is -2.57. The fourth-order valence-electron chi connectivity index (χ4n) is 9.67. The van der Waals surface area contributed by atoms with Crippen LogP contribution >= 0.6 is 11.6 Å². The molecule has 9 bridgehead atoms. The van der Waals surface area contributed by atoms with Gasteiger partial charge in [0.1, 0.15) is 41.2 Å². The summed E-state index contributed by atoms with van der Waals surface area (Å²) in [4.78, 5) is 23.2. The number of aromatic nitrogens is 6. The molecule has 5 aromatic rings. The van der Waals surface area contributed by atoms with Crippen molar-refractivity contribution < 1.29 is 23.0 Å². The van der Waals surface area contributed by atoms with E-state index in [-0.39, 0.29) is 29.2 Å². The highest BCUT2D eigenvalue weighted by atomic mass is 35.5. The number of hydrogen-bond acceptors (Lipinski definition) is 10. The van der Waals surface area contributed by atoms with Crippen LogP contribution in [0.25, 0.3) is 33.1 Å². The molecule has 2 atom stereocenters. The van der Waals surface area contributed by atoms with Gasteiger partial charge in [0.25, 0.3) is 0 Å². The largest absolute Gasteiger partial charge is 0.461 e. The summed E-state index contributed by atoms with van der Waals surface area (Å²) in [6.07, 6.45) is 9.87. The number of oxazole rings is 1. The summed E-state index contributed by atoms with van der Waals surface area (Å²) in [6.45, 7) is 2.75. The van der Waals surface area contributed by atoms with Crippen molar-refractivity contribution >= 4 is 39.2 Å². The molecule has 3 saturated heterocycles. The van der Waals surface area contributed by atoms with Crippen LogP contribution in [0.15, 0.2) is 29.1 Å². The molecule has 12 rings (SSSR count). The molecular formula is C35H35ClF2N8O3. The van der Waals surface area contributed by atoms with Gasteiger partial charge in [-0.15, -0.1) is 0 Å². The third-order valence-corrected chi connectivity index (χ3v) is 12.1. The molecule has 0 amide bonds. The quantitative estimate of drug-likeness (QED) is 0.245. The molecule has 4 aromatic heterocycles. The summed E-state index contributed by atoms with van der Waals surface area (Å²) in [6, 6.07) is 1.83. The van der Waals surface area contributed by atoms with E-state index >= 15 is 4.39 Å². The summed E-state index contributed by atoms with van der Waals surface area (Å²) in [7, 11) is 0. The van der Waals surface area contributed by atoms with Gasteiger partial charge in [0.05, 0.1) is 28.8 Å². The van der Waals surface area contributed by atoms with Crippen molar-refractivity contribution in [2.24, 2.45) is 5.41 Å². The van der Waals surface area contributed by atoms with Crippen LogP contribution < -0.4 is 9.64 Å². The van der Waals surface area contributed by atoms with E-state index in [0.717, 1.165) is 32.2 Å². The molecule has 1 aliphatic carbocycles. The maximum atomic E-state index is 17.2. The summed E-state index contributed by atoms with van der Waals surface area (Å²) >= 11 is 6.89. The van der Waals surface area contributed by atoms with Gasteiger partial charge in [-0.3, -0.25) is 15.0 Å². The molecule has 14 heteroatoms. The summed E-state index contributed by atoms with van der Waals surface area (Å²) in [5.41, 5.74) is 0.251. The van der Waals surface area contributed by atoms with E-state index in [1.54, 1.807) is 24.7 Å². The average molecular weight is 689 g/mol. The first kappa shape index (κ1) is 29.9. The zero-order valence-electron chi connectivity index (χ0n) is 26.8. The molecule has 2 N–H and O–H groups in total. The number of H-pyrrole nitrogens is 1. The number of aromatic amines is 1. The standard InChI is InChI=1S/C35H35ClF2N8O3/c36-24-9-25-22(13-41-44-25)26-21(24)4-3-20-11-40-31(49-20)35(47)15-33(16-35)5-1-7-45(17-33)30-23-12-39-29(26)27(38)28(23)42-32(43-30)48-18-34-6-2-8-46(34)14-19(37)10-34/h9,11-13,19,47H,1-8,10,14-18H2,(H,41,44)/t19-,33?,34+,35?/m1/s1. The Labute approximate surface area is 285 Å². The number of piperidine rings is 1. The predicted octanol–water partition coefficient (Wildman–Crippen LogP) is 5.67. The minimum Gasteiger partial charge on any atom is -0.461 e. The van der Waals surface area contributed by atoms with Gasteiger partial charge in [0, 0.05) is 54.6 Å². The minimum absolute atomic E-state index is 0.0523. The third kappa shape index (κ3) is 4.54. The fourth-order valence-corrected chi connectivity index (χ4v) is 9.97. The Kier molecular flexibility index (Phi) is 6.44. The van der Waals surface area contributed by atoms with Gasteiger partial charge in [0.2, 0.25) is 5.89 Å². The molecule has 0 radical (unpaired) electrons. The highest BCUT2D eigenvalue weighted by Gasteiger charge is 2.58. The number of nitrogens with one attached hydrogen (secondary N) is 1. The van der Waals surface area contributed by atoms with Crippen molar-refractivity contribution in [3.8, 4) is 17.3 Å². The van der Waals surface area contributed by atoms with Crippen LogP contribution in [-0.2, 0) is 18.4 Å². The minimum atomic E-state index is -1.17. The molecule has 1 aromatic carbocycles.